The van der Waals surface area contributed by atoms with E-state index in [0.717, 1.165) is 19.3 Å². The minimum atomic E-state index is -1.05. The number of unbranched alkanes of at least 4 members (excludes halogenated alkanes) is 13. The van der Waals surface area contributed by atoms with Crippen molar-refractivity contribution in [2.45, 2.75) is 141 Å². The molecule has 0 heterocycles. The molecule has 210 valence electrons. The van der Waals surface area contributed by atoms with Gasteiger partial charge in [0.15, 0.2) is 0 Å². The Balaban J connectivity index is 4.00. The van der Waals surface area contributed by atoms with Crippen molar-refractivity contribution >= 4 is 23.6 Å². The van der Waals surface area contributed by atoms with Crippen LogP contribution in [0, 0.1) is 5.92 Å². The van der Waals surface area contributed by atoms with Gasteiger partial charge in [0.25, 0.3) is 0 Å². The molecule has 0 aliphatic carbocycles. The number of hydrogen-bond acceptors (Lipinski definition) is 5. The van der Waals surface area contributed by atoms with Crippen LogP contribution in [0.25, 0.3) is 0 Å². The van der Waals surface area contributed by atoms with Crippen LogP contribution in [0.15, 0.2) is 0 Å². The summed E-state index contributed by atoms with van der Waals surface area (Å²) in [7, 11) is 0. The number of Topliss-reactive ketones (excluding diaryl/α,β-unsaturated/α-hetero) is 1. The van der Waals surface area contributed by atoms with Crippen LogP contribution in [0.3, 0.4) is 0 Å². The molecule has 2 unspecified atom stereocenters. The highest BCUT2D eigenvalue weighted by atomic mass is 16.4. The van der Waals surface area contributed by atoms with Gasteiger partial charge in [-0.15, -0.1) is 0 Å². The molecule has 0 aliphatic rings. The van der Waals surface area contributed by atoms with Crippen molar-refractivity contribution in [1.82, 2.24) is 5.32 Å². The van der Waals surface area contributed by atoms with E-state index in [0.29, 0.717) is 32.2 Å². The highest BCUT2D eigenvalue weighted by molar-refractivity contribution is 5.87. The third-order valence-corrected chi connectivity index (χ3v) is 6.67. The van der Waals surface area contributed by atoms with Gasteiger partial charge in [0, 0.05) is 31.7 Å². The van der Waals surface area contributed by atoms with E-state index in [1.807, 2.05) is 0 Å². The number of aliphatic carboxylic acids is 2. The maximum Gasteiger partial charge on any atom is 0.320 e. The van der Waals surface area contributed by atoms with Crippen molar-refractivity contribution in [2.75, 3.05) is 6.54 Å². The summed E-state index contributed by atoms with van der Waals surface area (Å²) >= 11 is 0. The predicted molar refractivity (Wildman–Crippen MR) is 143 cm³/mol. The maximum atomic E-state index is 12.5. The lowest BCUT2D eigenvalue weighted by molar-refractivity contribution is -0.139. The fraction of sp³-hybridized carbons (Fsp3) is 0.857. The zero-order valence-electron chi connectivity index (χ0n) is 22.6. The first kappa shape index (κ1) is 34.0. The molecule has 0 saturated carbocycles. The van der Waals surface area contributed by atoms with E-state index in [1.165, 1.54) is 64.2 Å². The summed E-state index contributed by atoms with van der Waals surface area (Å²) in [4.78, 5) is 46.6. The quantitative estimate of drug-likeness (QED) is 0.110. The van der Waals surface area contributed by atoms with Gasteiger partial charge < -0.3 is 21.3 Å². The molecule has 0 radical (unpaired) electrons. The number of carboxylic acid groups (broad SMARTS) is 2. The summed E-state index contributed by atoms with van der Waals surface area (Å²) in [5.74, 6) is -2.97. The van der Waals surface area contributed by atoms with E-state index in [1.54, 1.807) is 0 Å². The van der Waals surface area contributed by atoms with Crippen LogP contribution in [-0.2, 0) is 19.2 Å². The highest BCUT2D eigenvalue weighted by Gasteiger charge is 2.22. The molecular weight excluding hydrogens is 460 g/mol. The van der Waals surface area contributed by atoms with Crippen LogP contribution in [0.2, 0.25) is 0 Å². The summed E-state index contributed by atoms with van der Waals surface area (Å²) in [5.41, 5.74) is 5.46. The molecular formula is C28H52N2O6. The van der Waals surface area contributed by atoms with E-state index in [2.05, 4.69) is 12.2 Å². The first-order valence-electron chi connectivity index (χ1n) is 14.3. The van der Waals surface area contributed by atoms with Crippen molar-refractivity contribution < 1.29 is 29.4 Å². The zero-order chi connectivity index (χ0) is 27.0. The molecule has 2 atom stereocenters. The lowest BCUT2D eigenvalue weighted by Crippen LogP contribution is -2.33. The van der Waals surface area contributed by atoms with E-state index in [-0.39, 0.29) is 31.0 Å². The van der Waals surface area contributed by atoms with Gasteiger partial charge >= 0.3 is 11.9 Å². The van der Waals surface area contributed by atoms with E-state index in [4.69, 9.17) is 15.9 Å². The normalized spacial score (nSPS) is 12.7. The molecule has 0 aliphatic heterocycles. The Morgan fingerprint density at radius 1 is 0.694 bits per heavy atom. The second-order valence-corrected chi connectivity index (χ2v) is 10.1. The Hall–Kier alpha value is -1.96. The van der Waals surface area contributed by atoms with Gasteiger partial charge in [-0.05, 0) is 32.1 Å². The molecule has 0 bridgehead atoms. The van der Waals surface area contributed by atoms with Gasteiger partial charge in [0.2, 0.25) is 5.91 Å². The van der Waals surface area contributed by atoms with E-state index in [9.17, 15) is 19.2 Å². The Labute approximate surface area is 218 Å². The molecule has 0 spiro atoms. The number of ketones is 1. The van der Waals surface area contributed by atoms with E-state index >= 15 is 0 Å². The standard InChI is InChI=1S/C28H52N2O6/c1-2-3-4-5-6-7-8-9-10-11-12-13-14-17-24(31)22-23(19-20-26(32)33)27(34)30-21-16-15-18-25(29)28(35)36/h23,25H,2-22,29H2,1H3,(H,30,34)(H,32,33)(H,35,36). The minimum Gasteiger partial charge on any atom is -0.481 e. The van der Waals surface area contributed by atoms with Crippen molar-refractivity contribution in [3.05, 3.63) is 0 Å². The summed E-state index contributed by atoms with van der Waals surface area (Å²) in [6.07, 6.45) is 18.0. The summed E-state index contributed by atoms with van der Waals surface area (Å²) in [5, 5.41) is 20.5. The van der Waals surface area contributed by atoms with E-state index < -0.39 is 23.9 Å². The maximum absolute atomic E-state index is 12.5. The number of carboxylic acids is 2. The zero-order valence-corrected chi connectivity index (χ0v) is 22.6. The number of carbonyl (C=O) groups is 4. The number of rotatable bonds is 26. The molecule has 0 saturated heterocycles. The Bertz CT molecular complexity index is 611. The lowest BCUT2D eigenvalue weighted by Gasteiger charge is -2.16. The van der Waals surface area contributed by atoms with Gasteiger partial charge in [0.05, 0.1) is 0 Å². The number of hydrogen-bond donors (Lipinski definition) is 4. The van der Waals surface area contributed by atoms with Crippen molar-refractivity contribution in [2.24, 2.45) is 11.7 Å². The molecule has 0 aromatic heterocycles. The number of amides is 1. The van der Waals surface area contributed by atoms with Gasteiger partial charge in [-0.2, -0.15) is 0 Å². The van der Waals surface area contributed by atoms with Gasteiger partial charge in [-0.25, -0.2) is 0 Å². The number of carbonyl (C=O) groups excluding carboxylic acids is 2. The van der Waals surface area contributed by atoms with Crippen LogP contribution in [0.4, 0.5) is 0 Å². The first-order valence-corrected chi connectivity index (χ1v) is 14.3. The lowest BCUT2D eigenvalue weighted by atomic mass is 9.93. The van der Waals surface area contributed by atoms with Gasteiger partial charge in [0.1, 0.15) is 11.8 Å². The second-order valence-electron chi connectivity index (χ2n) is 10.1. The molecule has 8 nitrogen and oxygen atoms in total. The second kappa shape index (κ2) is 23.4. The molecule has 1 amide bonds. The monoisotopic (exact) mass is 512 g/mol. The van der Waals surface area contributed by atoms with Crippen LogP contribution in [-0.4, -0.2) is 46.4 Å². The molecule has 8 heteroatoms. The SMILES string of the molecule is CCCCCCCCCCCCCCCC(=O)CC(CCC(=O)O)C(=O)NCCCCC(N)C(=O)O. The minimum absolute atomic E-state index is 0.0102. The van der Waals surface area contributed by atoms with Gasteiger partial charge in [-0.1, -0.05) is 84.0 Å². The van der Waals surface area contributed by atoms with Crippen molar-refractivity contribution in [1.29, 1.82) is 0 Å². The predicted octanol–water partition coefficient (Wildman–Crippen LogP) is 5.61. The molecule has 0 aromatic rings. The third-order valence-electron chi connectivity index (χ3n) is 6.67. The number of nitrogens with two attached hydrogens (primary N) is 1. The fourth-order valence-electron chi connectivity index (χ4n) is 4.31. The Morgan fingerprint density at radius 2 is 1.22 bits per heavy atom. The Morgan fingerprint density at radius 3 is 1.72 bits per heavy atom. The smallest absolute Gasteiger partial charge is 0.320 e. The van der Waals surface area contributed by atoms with Crippen molar-refractivity contribution in [3.8, 4) is 0 Å². The first-order chi connectivity index (χ1) is 17.3. The summed E-state index contributed by atoms with van der Waals surface area (Å²) < 4.78 is 0. The van der Waals surface area contributed by atoms with Crippen LogP contribution >= 0.6 is 0 Å². The molecule has 5 N–H and O–H groups in total. The summed E-state index contributed by atoms with van der Waals surface area (Å²) in [6.45, 7) is 2.59. The topological polar surface area (TPSA) is 147 Å². The molecule has 0 fully saturated rings. The fourth-order valence-corrected chi connectivity index (χ4v) is 4.31. The molecule has 0 aromatic carbocycles. The van der Waals surface area contributed by atoms with Crippen molar-refractivity contribution in [3.63, 3.8) is 0 Å². The Kier molecular flexibility index (Phi) is 22.2. The van der Waals surface area contributed by atoms with Crippen LogP contribution < -0.4 is 11.1 Å². The molecule has 0 rings (SSSR count). The average Bonchev–Trinajstić information content (AvgIpc) is 2.83. The highest BCUT2D eigenvalue weighted by Crippen LogP contribution is 2.17. The third kappa shape index (κ3) is 21.3. The van der Waals surface area contributed by atoms with Gasteiger partial charge in [-0.3, -0.25) is 19.2 Å². The van der Waals surface area contributed by atoms with Crippen LogP contribution in [0.5, 0.6) is 0 Å². The van der Waals surface area contributed by atoms with Crippen LogP contribution in [0.1, 0.15) is 135 Å². The number of nitrogens with one attached hydrogen (secondary N) is 1. The summed E-state index contributed by atoms with van der Waals surface area (Å²) in [6, 6.07) is -0.910. The largest absolute Gasteiger partial charge is 0.481 e. The molecule has 36 heavy (non-hydrogen) atoms. The average molecular weight is 513 g/mol.